The van der Waals surface area contributed by atoms with Crippen molar-refractivity contribution in [2.45, 2.75) is 32.4 Å². The topological polar surface area (TPSA) is 40.1 Å². The van der Waals surface area contributed by atoms with Crippen LogP contribution in [0.2, 0.25) is 0 Å². The molecule has 158 valence electrons. The number of ether oxygens (including phenoxy) is 1. The van der Waals surface area contributed by atoms with Gasteiger partial charge in [0.2, 0.25) is 0 Å². The lowest BCUT2D eigenvalue weighted by molar-refractivity contribution is 0.156. The van der Waals surface area contributed by atoms with Crippen LogP contribution in [0.15, 0.2) is 53.5 Å². The fraction of sp³-hybridized carbons (Fsp3) is 0.480. The summed E-state index contributed by atoms with van der Waals surface area (Å²) in [6.45, 7) is 6.84. The highest BCUT2D eigenvalue weighted by Gasteiger charge is 2.42. The maximum absolute atomic E-state index is 5.66. The van der Waals surface area contributed by atoms with Gasteiger partial charge < -0.3 is 19.9 Å². The Labute approximate surface area is 179 Å². The molecule has 2 aromatic rings. The summed E-state index contributed by atoms with van der Waals surface area (Å²) in [4.78, 5) is 9.41. The molecule has 5 rings (SSSR count). The normalized spacial score (nSPS) is 23.4. The predicted molar refractivity (Wildman–Crippen MR) is 122 cm³/mol. The van der Waals surface area contributed by atoms with E-state index in [1.54, 1.807) is 0 Å². The average molecular weight is 405 g/mol. The molecule has 0 saturated carbocycles. The summed E-state index contributed by atoms with van der Waals surface area (Å²) in [7, 11) is 1.88. The van der Waals surface area contributed by atoms with Gasteiger partial charge in [-0.05, 0) is 42.0 Å². The Morgan fingerprint density at radius 1 is 1.07 bits per heavy atom. The number of nitrogens with one attached hydrogen (secondary N) is 1. The number of rotatable bonds is 4. The summed E-state index contributed by atoms with van der Waals surface area (Å²) in [6, 6.07) is 17.8. The third kappa shape index (κ3) is 3.91. The molecule has 5 heteroatoms. The van der Waals surface area contributed by atoms with Gasteiger partial charge >= 0.3 is 0 Å². The Morgan fingerprint density at radius 3 is 2.70 bits per heavy atom. The van der Waals surface area contributed by atoms with Crippen molar-refractivity contribution in [1.29, 1.82) is 0 Å². The second-order valence-electron chi connectivity index (χ2n) is 8.99. The molecule has 0 bridgehead atoms. The lowest BCUT2D eigenvalue weighted by Crippen LogP contribution is -2.41. The van der Waals surface area contributed by atoms with Gasteiger partial charge in [-0.25, -0.2) is 0 Å². The van der Waals surface area contributed by atoms with E-state index in [1.165, 1.54) is 35.2 Å². The van der Waals surface area contributed by atoms with E-state index in [-0.39, 0.29) is 0 Å². The molecule has 2 aromatic carbocycles. The van der Waals surface area contributed by atoms with Crippen molar-refractivity contribution >= 4 is 11.6 Å². The number of benzene rings is 2. The second-order valence-corrected chi connectivity index (χ2v) is 8.99. The third-order valence-corrected chi connectivity index (χ3v) is 6.97. The summed E-state index contributed by atoms with van der Waals surface area (Å²) in [6.07, 6.45) is 3.55. The zero-order valence-corrected chi connectivity index (χ0v) is 17.9. The molecule has 2 fully saturated rings. The molecule has 1 spiro atoms. The van der Waals surface area contributed by atoms with Crippen LogP contribution in [-0.2, 0) is 24.2 Å². The molecule has 1 unspecified atom stereocenters. The van der Waals surface area contributed by atoms with Crippen molar-refractivity contribution < 1.29 is 4.74 Å². The van der Waals surface area contributed by atoms with E-state index >= 15 is 0 Å². The molecular weight excluding hydrogens is 372 g/mol. The average Bonchev–Trinajstić information content (AvgIpc) is 3.52. The van der Waals surface area contributed by atoms with Gasteiger partial charge in [-0.15, -0.1) is 0 Å². The number of anilines is 1. The molecule has 2 saturated heterocycles. The molecule has 0 radical (unpaired) electrons. The van der Waals surface area contributed by atoms with E-state index in [2.05, 4.69) is 68.6 Å². The van der Waals surface area contributed by atoms with Gasteiger partial charge in [0.25, 0.3) is 0 Å². The van der Waals surface area contributed by atoms with Gasteiger partial charge in [-0.1, -0.05) is 42.5 Å². The molecule has 3 heterocycles. The molecule has 3 aliphatic rings. The molecule has 3 aliphatic heterocycles. The monoisotopic (exact) mass is 404 g/mol. The van der Waals surface area contributed by atoms with Crippen molar-refractivity contribution in [3.05, 3.63) is 65.2 Å². The number of nitrogens with zero attached hydrogens (tertiary/aromatic N) is 3. The number of guanidine groups is 1. The maximum atomic E-state index is 5.66. The van der Waals surface area contributed by atoms with Crippen molar-refractivity contribution in [3.8, 4) is 0 Å². The van der Waals surface area contributed by atoms with E-state index in [0.717, 1.165) is 58.3 Å². The zero-order valence-electron chi connectivity index (χ0n) is 17.9. The fourth-order valence-electron chi connectivity index (χ4n) is 5.15. The first-order valence-electron chi connectivity index (χ1n) is 11.2. The van der Waals surface area contributed by atoms with Gasteiger partial charge in [0.05, 0.1) is 6.61 Å². The number of likely N-dealkylation sites (tertiary alicyclic amines) is 1. The molecule has 0 aromatic heterocycles. The summed E-state index contributed by atoms with van der Waals surface area (Å²) in [5.41, 5.74) is 5.87. The van der Waals surface area contributed by atoms with Crippen molar-refractivity contribution in [2.75, 3.05) is 44.8 Å². The smallest absolute Gasteiger partial charge is 0.193 e. The van der Waals surface area contributed by atoms with Crippen LogP contribution in [0.25, 0.3) is 0 Å². The number of hydrogen-bond acceptors (Lipinski definition) is 3. The van der Waals surface area contributed by atoms with Crippen LogP contribution in [0.1, 0.15) is 29.5 Å². The van der Waals surface area contributed by atoms with Crippen molar-refractivity contribution in [1.82, 2.24) is 10.2 Å². The second kappa shape index (κ2) is 8.31. The quantitative estimate of drug-likeness (QED) is 0.626. The van der Waals surface area contributed by atoms with Crippen molar-refractivity contribution in [3.63, 3.8) is 0 Å². The van der Waals surface area contributed by atoms with E-state index in [1.807, 2.05) is 7.05 Å². The molecule has 0 amide bonds. The largest absolute Gasteiger partial charge is 0.381 e. The highest BCUT2D eigenvalue weighted by molar-refractivity contribution is 5.80. The number of para-hydroxylation sites is 1. The van der Waals surface area contributed by atoms with Gasteiger partial charge in [0.15, 0.2) is 5.96 Å². The Bertz CT molecular complexity index is 902. The van der Waals surface area contributed by atoms with E-state index in [9.17, 15) is 0 Å². The van der Waals surface area contributed by atoms with Crippen LogP contribution in [0.3, 0.4) is 0 Å². The van der Waals surface area contributed by atoms with E-state index in [4.69, 9.17) is 4.74 Å². The van der Waals surface area contributed by atoms with Crippen LogP contribution in [0.4, 0.5) is 5.69 Å². The van der Waals surface area contributed by atoms with Gasteiger partial charge in [-0.2, -0.15) is 0 Å². The van der Waals surface area contributed by atoms with Gasteiger partial charge in [0, 0.05) is 57.5 Å². The van der Waals surface area contributed by atoms with Crippen LogP contribution < -0.4 is 10.2 Å². The SMILES string of the molecule is CN=C(NCc1ccc(CN2CCc3ccccc32)cc1)N1CCC2(CCOC2)C1. The molecule has 5 nitrogen and oxygen atoms in total. The van der Waals surface area contributed by atoms with Crippen LogP contribution in [0, 0.1) is 5.41 Å². The summed E-state index contributed by atoms with van der Waals surface area (Å²) < 4.78 is 5.66. The standard InChI is InChI=1S/C25H32N4O/c1-26-24(29-14-11-25(18-29)12-15-30-19-25)27-16-20-6-8-21(9-7-20)17-28-13-10-22-4-2-3-5-23(22)28/h2-9H,10-19H2,1H3,(H,26,27). The van der Waals surface area contributed by atoms with Crippen LogP contribution in [-0.4, -0.2) is 50.8 Å². The minimum absolute atomic E-state index is 0.355. The first kappa shape index (κ1) is 19.4. The Morgan fingerprint density at radius 2 is 1.90 bits per heavy atom. The fourth-order valence-corrected chi connectivity index (χ4v) is 5.15. The van der Waals surface area contributed by atoms with E-state index < -0.39 is 0 Å². The third-order valence-electron chi connectivity index (χ3n) is 6.97. The minimum Gasteiger partial charge on any atom is -0.381 e. The summed E-state index contributed by atoms with van der Waals surface area (Å²) in [5.74, 6) is 1.01. The number of aliphatic imine (C=N–C) groups is 1. The molecule has 1 N–H and O–H groups in total. The number of fused-ring (bicyclic) bond motifs is 1. The summed E-state index contributed by atoms with van der Waals surface area (Å²) in [5, 5.41) is 3.56. The molecule has 30 heavy (non-hydrogen) atoms. The zero-order chi connectivity index (χ0) is 20.4. The first-order valence-corrected chi connectivity index (χ1v) is 11.2. The predicted octanol–water partition coefficient (Wildman–Crippen LogP) is 3.44. The molecule has 1 atom stereocenters. The molecule has 0 aliphatic carbocycles. The first-order chi connectivity index (χ1) is 14.7. The van der Waals surface area contributed by atoms with Gasteiger partial charge in [-0.3, -0.25) is 4.99 Å². The Kier molecular flexibility index (Phi) is 5.38. The van der Waals surface area contributed by atoms with Crippen LogP contribution >= 0.6 is 0 Å². The Hall–Kier alpha value is -2.53. The van der Waals surface area contributed by atoms with Crippen LogP contribution in [0.5, 0.6) is 0 Å². The highest BCUT2D eigenvalue weighted by Crippen LogP contribution is 2.38. The van der Waals surface area contributed by atoms with Gasteiger partial charge in [0.1, 0.15) is 0 Å². The number of hydrogen-bond donors (Lipinski definition) is 1. The minimum atomic E-state index is 0.355. The highest BCUT2D eigenvalue weighted by atomic mass is 16.5. The van der Waals surface area contributed by atoms with Crippen molar-refractivity contribution in [2.24, 2.45) is 10.4 Å². The van der Waals surface area contributed by atoms with E-state index in [0.29, 0.717) is 5.41 Å². The summed E-state index contributed by atoms with van der Waals surface area (Å²) >= 11 is 0. The lowest BCUT2D eigenvalue weighted by atomic mass is 9.87. The lowest BCUT2D eigenvalue weighted by Gasteiger charge is -2.25. The maximum Gasteiger partial charge on any atom is 0.193 e. The Balaban J connectivity index is 1.16. The molecular formula is C25H32N4O.